The molecule has 1 heterocycles. The molecule has 2 aromatic rings. The molecular formula is C15H19NO2S. The SMILES string of the molecule is COc1ccccc1CNCc1ccc(CSC)o1. The first-order valence-corrected chi connectivity index (χ1v) is 7.62. The summed E-state index contributed by atoms with van der Waals surface area (Å²) in [6.07, 6.45) is 2.07. The highest BCUT2D eigenvalue weighted by Crippen LogP contribution is 2.17. The van der Waals surface area contributed by atoms with Gasteiger partial charge in [-0.3, -0.25) is 0 Å². The molecule has 0 aliphatic rings. The number of ether oxygens (including phenoxy) is 1. The molecular weight excluding hydrogens is 258 g/mol. The maximum Gasteiger partial charge on any atom is 0.123 e. The van der Waals surface area contributed by atoms with E-state index in [0.29, 0.717) is 0 Å². The summed E-state index contributed by atoms with van der Waals surface area (Å²) in [6, 6.07) is 12.1. The average Bonchev–Trinajstić information content (AvgIpc) is 2.87. The van der Waals surface area contributed by atoms with E-state index in [1.165, 1.54) is 0 Å². The summed E-state index contributed by atoms with van der Waals surface area (Å²) in [6.45, 7) is 1.50. The molecule has 0 spiro atoms. The lowest BCUT2D eigenvalue weighted by Crippen LogP contribution is -2.12. The molecule has 1 aromatic heterocycles. The standard InChI is InChI=1S/C15H19NO2S/c1-17-15-6-4-3-5-12(15)9-16-10-13-7-8-14(18-13)11-19-2/h3-8,16H,9-11H2,1-2H3. The predicted octanol–water partition coefficient (Wildman–Crippen LogP) is 3.44. The van der Waals surface area contributed by atoms with Gasteiger partial charge in [0.1, 0.15) is 17.3 Å². The summed E-state index contributed by atoms with van der Waals surface area (Å²) < 4.78 is 11.0. The van der Waals surface area contributed by atoms with Crippen molar-refractivity contribution < 1.29 is 9.15 Å². The number of hydrogen-bond acceptors (Lipinski definition) is 4. The molecule has 1 N–H and O–H groups in total. The van der Waals surface area contributed by atoms with Crippen LogP contribution < -0.4 is 10.1 Å². The van der Waals surface area contributed by atoms with Gasteiger partial charge in [0.2, 0.25) is 0 Å². The molecule has 4 heteroatoms. The fourth-order valence-electron chi connectivity index (χ4n) is 1.91. The second-order valence-corrected chi connectivity index (χ2v) is 5.08. The van der Waals surface area contributed by atoms with Crippen LogP contribution in [-0.4, -0.2) is 13.4 Å². The van der Waals surface area contributed by atoms with Crippen LogP contribution in [0.1, 0.15) is 17.1 Å². The van der Waals surface area contributed by atoms with Crippen LogP contribution in [0.3, 0.4) is 0 Å². The summed E-state index contributed by atoms with van der Waals surface area (Å²) in [4.78, 5) is 0. The van der Waals surface area contributed by atoms with Crippen molar-refractivity contribution in [3.8, 4) is 5.75 Å². The molecule has 19 heavy (non-hydrogen) atoms. The van der Waals surface area contributed by atoms with Crippen LogP contribution in [0.25, 0.3) is 0 Å². The molecule has 0 fully saturated rings. The first-order valence-electron chi connectivity index (χ1n) is 6.22. The second-order valence-electron chi connectivity index (χ2n) is 4.22. The Morgan fingerprint density at radius 2 is 1.89 bits per heavy atom. The van der Waals surface area contributed by atoms with E-state index in [9.17, 15) is 0 Å². The van der Waals surface area contributed by atoms with Gasteiger partial charge in [0.15, 0.2) is 0 Å². The van der Waals surface area contributed by atoms with Crippen molar-refractivity contribution in [2.75, 3.05) is 13.4 Å². The second kappa shape index (κ2) is 7.26. The van der Waals surface area contributed by atoms with Crippen molar-refractivity contribution in [1.29, 1.82) is 0 Å². The maximum absolute atomic E-state index is 5.70. The highest BCUT2D eigenvalue weighted by atomic mass is 32.2. The first-order chi connectivity index (χ1) is 9.33. The Morgan fingerprint density at radius 1 is 1.11 bits per heavy atom. The van der Waals surface area contributed by atoms with Gasteiger partial charge < -0.3 is 14.5 Å². The summed E-state index contributed by atoms with van der Waals surface area (Å²) >= 11 is 1.76. The fourth-order valence-corrected chi connectivity index (χ4v) is 2.35. The van der Waals surface area contributed by atoms with Crippen LogP contribution in [-0.2, 0) is 18.8 Å². The number of rotatable bonds is 7. The van der Waals surface area contributed by atoms with Crippen molar-refractivity contribution in [2.45, 2.75) is 18.8 Å². The van der Waals surface area contributed by atoms with E-state index >= 15 is 0 Å². The van der Waals surface area contributed by atoms with Crippen LogP contribution in [0.2, 0.25) is 0 Å². The largest absolute Gasteiger partial charge is 0.496 e. The Labute approximate surface area is 118 Å². The molecule has 0 radical (unpaired) electrons. The smallest absolute Gasteiger partial charge is 0.123 e. The van der Waals surface area contributed by atoms with E-state index in [1.807, 2.05) is 30.3 Å². The van der Waals surface area contributed by atoms with E-state index in [0.717, 1.165) is 41.7 Å². The first kappa shape index (κ1) is 14.0. The Bertz CT molecular complexity index is 510. The van der Waals surface area contributed by atoms with Crippen LogP contribution in [0.4, 0.5) is 0 Å². The highest BCUT2D eigenvalue weighted by molar-refractivity contribution is 7.97. The van der Waals surface area contributed by atoms with Gasteiger partial charge in [-0.1, -0.05) is 18.2 Å². The molecule has 0 unspecified atom stereocenters. The molecule has 0 saturated heterocycles. The minimum Gasteiger partial charge on any atom is -0.496 e. The Hall–Kier alpha value is -1.39. The number of nitrogens with one attached hydrogen (secondary N) is 1. The van der Waals surface area contributed by atoms with Gasteiger partial charge in [-0.2, -0.15) is 11.8 Å². The Kier molecular flexibility index (Phi) is 5.36. The molecule has 0 bridgehead atoms. The van der Waals surface area contributed by atoms with E-state index in [4.69, 9.17) is 9.15 Å². The zero-order chi connectivity index (χ0) is 13.5. The summed E-state index contributed by atoms with van der Waals surface area (Å²) in [5, 5.41) is 3.37. The third kappa shape index (κ3) is 4.04. The van der Waals surface area contributed by atoms with Gasteiger partial charge in [-0.05, 0) is 24.5 Å². The van der Waals surface area contributed by atoms with Crippen LogP contribution in [0.5, 0.6) is 5.75 Å². The van der Waals surface area contributed by atoms with E-state index in [-0.39, 0.29) is 0 Å². The van der Waals surface area contributed by atoms with Crippen LogP contribution in [0, 0.1) is 0 Å². The van der Waals surface area contributed by atoms with Crippen molar-refractivity contribution >= 4 is 11.8 Å². The van der Waals surface area contributed by atoms with E-state index in [2.05, 4.69) is 17.6 Å². The Balaban J connectivity index is 1.85. The van der Waals surface area contributed by atoms with E-state index < -0.39 is 0 Å². The number of methoxy groups -OCH3 is 1. The quantitative estimate of drug-likeness (QED) is 0.840. The number of hydrogen-bond donors (Lipinski definition) is 1. The monoisotopic (exact) mass is 277 g/mol. The molecule has 0 aliphatic heterocycles. The molecule has 0 atom stereocenters. The van der Waals surface area contributed by atoms with Crippen molar-refractivity contribution in [3.05, 3.63) is 53.5 Å². The predicted molar refractivity (Wildman–Crippen MR) is 79.5 cm³/mol. The lowest BCUT2D eigenvalue weighted by atomic mass is 10.2. The van der Waals surface area contributed by atoms with Crippen molar-refractivity contribution in [3.63, 3.8) is 0 Å². The van der Waals surface area contributed by atoms with Gasteiger partial charge in [0.05, 0.1) is 19.4 Å². The van der Waals surface area contributed by atoms with Crippen LogP contribution in [0.15, 0.2) is 40.8 Å². The summed E-state index contributed by atoms with van der Waals surface area (Å²) in [5.74, 6) is 3.84. The van der Waals surface area contributed by atoms with Gasteiger partial charge >= 0.3 is 0 Å². The third-order valence-electron chi connectivity index (χ3n) is 2.81. The molecule has 2 rings (SSSR count). The molecule has 102 valence electrons. The molecule has 0 amide bonds. The molecule has 1 aromatic carbocycles. The lowest BCUT2D eigenvalue weighted by Gasteiger charge is -2.08. The average molecular weight is 277 g/mol. The van der Waals surface area contributed by atoms with Gasteiger partial charge in [-0.15, -0.1) is 0 Å². The van der Waals surface area contributed by atoms with Crippen LogP contribution >= 0.6 is 11.8 Å². The van der Waals surface area contributed by atoms with Gasteiger partial charge in [-0.25, -0.2) is 0 Å². The molecule has 3 nitrogen and oxygen atoms in total. The summed E-state index contributed by atoms with van der Waals surface area (Å²) in [7, 11) is 1.69. The zero-order valence-corrected chi connectivity index (χ0v) is 12.1. The van der Waals surface area contributed by atoms with E-state index in [1.54, 1.807) is 18.9 Å². The van der Waals surface area contributed by atoms with Gasteiger partial charge in [0, 0.05) is 12.1 Å². The lowest BCUT2D eigenvalue weighted by molar-refractivity contribution is 0.405. The number of furan rings is 1. The minimum absolute atomic E-state index is 0.729. The molecule has 0 aliphatic carbocycles. The fraction of sp³-hybridized carbons (Fsp3) is 0.333. The number of benzene rings is 1. The number of thioether (sulfide) groups is 1. The normalized spacial score (nSPS) is 10.6. The van der Waals surface area contributed by atoms with Gasteiger partial charge in [0.25, 0.3) is 0 Å². The highest BCUT2D eigenvalue weighted by Gasteiger charge is 2.03. The Morgan fingerprint density at radius 3 is 2.68 bits per heavy atom. The molecule has 0 saturated carbocycles. The topological polar surface area (TPSA) is 34.4 Å². The van der Waals surface area contributed by atoms with Crippen molar-refractivity contribution in [2.24, 2.45) is 0 Å². The summed E-state index contributed by atoms with van der Waals surface area (Å²) in [5.41, 5.74) is 1.15. The third-order valence-corrected chi connectivity index (χ3v) is 3.38. The minimum atomic E-state index is 0.729. The number of para-hydroxylation sites is 1. The van der Waals surface area contributed by atoms with Crippen molar-refractivity contribution in [1.82, 2.24) is 5.32 Å². The maximum atomic E-state index is 5.70. The zero-order valence-electron chi connectivity index (χ0n) is 11.3.